The van der Waals surface area contributed by atoms with Crippen LogP contribution >= 0.6 is 0 Å². The van der Waals surface area contributed by atoms with Crippen LogP contribution in [-0.4, -0.2) is 53.3 Å². The molecular formula is C9H15N3O5. The first-order chi connectivity index (χ1) is 7.90. The van der Waals surface area contributed by atoms with E-state index in [4.69, 9.17) is 19.7 Å². The van der Waals surface area contributed by atoms with Gasteiger partial charge in [-0.15, -0.1) is 0 Å². The maximum atomic E-state index is 9.99. The minimum absolute atomic E-state index is 0.0151. The van der Waals surface area contributed by atoms with E-state index in [1.165, 1.54) is 0 Å². The van der Waals surface area contributed by atoms with Gasteiger partial charge in [-0.3, -0.25) is 0 Å². The topological polar surface area (TPSA) is 117 Å². The monoisotopic (exact) mass is 245 g/mol. The van der Waals surface area contributed by atoms with Crippen LogP contribution in [0.4, 0.5) is 0 Å². The van der Waals surface area contributed by atoms with Gasteiger partial charge in [0.2, 0.25) is 5.79 Å². The van der Waals surface area contributed by atoms with Crippen molar-refractivity contribution in [3.63, 3.8) is 0 Å². The SMILES string of the molecule is CC1(C)OC[C@]2(OC[C@@H](N=[N+]=[N-])[C@H](O)[C@H]2O)O1. The third kappa shape index (κ3) is 2.11. The van der Waals surface area contributed by atoms with Crippen molar-refractivity contribution in [1.82, 2.24) is 0 Å². The zero-order valence-electron chi connectivity index (χ0n) is 9.61. The zero-order chi connectivity index (χ0) is 12.7. The van der Waals surface area contributed by atoms with E-state index in [-0.39, 0.29) is 13.2 Å². The third-order valence-corrected chi connectivity index (χ3v) is 2.91. The fraction of sp³-hybridized carbons (Fsp3) is 1.00. The van der Waals surface area contributed by atoms with Gasteiger partial charge in [0.15, 0.2) is 5.79 Å². The molecule has 1 spiro atoms. The van der Waals surface area contributed by atoms with Crippen molar-refractivity contribution in [2.45, 2.75) is 43.7 Å². The van der Waals surface area contributed by atoms with Crippen LogP contribution in [0.1, 0.15) is 13.8 Å². The number of azide groups is 1. The van der Waals surface area contributed by atoms with Crippen LogP contribution in [0.5, 0.6) is 0 Å². The van der Waals surface area contributed by atoms with Crippen molar-refractivity contribution < 1.29 is 24.4 Å². The molecule has 2 rings (SSSR count). The van der Waals surface area contributed by atoms with E-state index in [0.29, 0.717) is 0 Å². The first-order valence-electron chi connectivity index (χ1n) is 5.29. The highest BCUT2D eigenvalue weighted by Gasteiger charge is 2.57. The Kier molecular flexibility index (Phi) is 3.03. The van der Waals surface area contributed by atoms with Crippen molar-refractivity contribution in [3.8, 4) is 0 Å². The Morgan fingerprint density at radius 3 is 2.59 bits per heavy atom. The molecule has 2 aliphatic rings. The molecule has 0 aliphatic carbocycles. The molecule has 0 bridgehead atoms. The highest BCUT2D eigenvalue weighted by atomic mass is 16.8. The van der Waals surface area contributed by atoms with Crippen molar-refractivity contribution in [2.24, 2.45) is 5.11 Å². The molecule has 2 fully saturated rings. The number of hydrogen-bond donors (Lipinski definition) is 2. The molecule has 2 saturated heterocycles. The minimum atomic E-state index is -1.38. The van der Waals surface area contributed by atoms with E-state index >= 15 is 0 Å². The molecule has 0 aromatic heterocycles. The Morgan fingerprint density at radius 1 is 1.35 bits per heavy atom. The van der Waals surface area contributed by atoms with Gasteiger partial charge in [0.1, 0.15) is 12.7 Å². The largest absolute Gasteiger partial charge is 0.390 e. The normalized spacial score (nSPS) is 44.6. The van der Waals surface area contributed by atoms with Crippen molar-refractivity contribution in [2.75, 3.05) is 13.2 Å². The van der Waals surface area contributed by atoms with Gasteiger partial charge in [-0.1, -0.05) is 5.11 Å². The van der Waals surface area contributed by atoms with E-state index in [1.54, 1.807) is 13.8 Å². The van der Waals surface area contributed by atoms with Crippen molar-refractivity contribution in [1.29, 1.82) is 0 Å². The maximum absolute atomic E-state index is 9.99. The van der Waals surface area contributed by atoms with Gasteiger partial charge in [-0.2, -0.15) is 0 Å². The van der Waals surface area contributed by atoms with E-state index in [1.807, 2.05) is 0 Å². The molecule has 2 heterocycles. The average molecular weight is 245 g/mol. The summed E-state index contributed by atoms with van der Waals surface area (Å²) in [5.74, 6) is -2.27. The molecule has 8 nitrogen and oxygen atoms in total. The van der Waals surface area contributed by atoms with Crippen LogP contribution in [0.25, 0.3) is 10.4 Å². The predicted octanol–water partition coefficient (Wildman–Crippen LogP) is -0.104. The lowest BCUT2D eigenvalue weighted by Crippen LogP contribution is -2.62. The van der Waals surface area contributed by atoms with Crippen LogP contribution < -0.4 is 0 Å². The average Bonchev–Trinajstić information content (AvgIpc) is 2.58. The summed E-state index contributed by atoms with van der Waals surface area (Å²) in [7, 11) is 0. The fourth-order valence-corrected chi connectivity index (χ4v) is 2.02. The second-order valence-corrected chi connectivity index (χ2v) is 4.62. The lowest BCUT2D eigenvalue weighted by atomic mass is 9.96. The molecule has 4 atom stereocenters. The molecule has 0 radical (unpaired) electrons. The number of rotatable bonds is 1. The summed E-state index contributed by atoms with van der Waals surface area (Å²) in [6, 6.07) is -0.826. The molecule has 96 valence electrons. The van der Waals surface area contributed by atoms with Gasteiger partial charge in [-0.05, 0) is 19.4 Å². The van der Waals surface area contributed by atoms with Crippen molar-refractivity contribution >= 4 is 0 Å². The molecular weight excluding hydrogens is 230 g/mol. The summed E-state index contributed by atoms with van der Waals surface area (Å²) < 4.78 is 16.2. The number of aliphatic hydroxyl groups is 2. The summed E-state index contributed by atoms with van der Waals surface area (Å²) in [5.41, 5.74) is 8.32. The molecule has 2 aliphatic heterocycles. The number of nitrogens with zero attached hydrogens (tertiary/aromatic N) is 3. The Balaban J connectivity index is 2.16. The van der Waals surface area contributed by atoms with Gasteiger partial charge < -0.3 is 24.4 Å². The minimum Gasteiger partial charge on any atom is -0.390 e. The zero-order valence-corrected chi connectivity index (χ0v) is 9.61. The molecule has 8 heteroatoms. The number of hydrogen-bond acceptors (Lipinski definition) is 6. The van der Waals surface area contributed by atoms with E-state index < -0.39 is 29.8 Å². The second kappa shape index (κ2) is 4.09. The van der Waals surface area contributed by atoms with Gasteiger partial charge in [0, 0.05) is 4.91 Å². The lowest BCUT2D eigenvalue weighted by molar-refractivity contribution is -0.324. The summed E-state index contributed by atoms with van der Waals surface area (Å²) in [4.78, 5) is 2.59. The fourth-order valence-electron chi connectivity index (χ4n) is 2.02. The molecule has 0 aromatic rings. The number of aliphatic hydroxyl groups excluding tert-OH is 2. The lowest BCUT2D eigenvalue weighted by Gasteiger charge is -2.42. The highest BCUT2D eigenvalue weighted by Crippen LogP contribution is 2.38. The highest BCUT2D eigenvalue weighted by molar-refractivity contribution is 4.98. The molecule has 0 unspecified atom stereocenters. The second-order valence-electron chi connectivity index (χ2n) is 4.62. The van der Waals surface area contributed by atoms with E-state index in [2.05, 4.69) is 10.0 Å². The first kappa shape index (κ1) is 12.6. The Hall–Kier alpha value is -0.890. The van der Waals surface area contributed by atoms with Crippen LogP contribution in [0.2, 0.25) is 0 Å². The van der Waals surface area contributed by atoms with Crippen LogP contribution in [0.15, 0.2) is 5.11 Å². The third-order valence-electron chi connectivity index (χ3n) is 2.91. The molecule has 0 saturated carbocycles. The van der Waals surface area contributed by atoms with E-state index in [0.717, 1.165) is 0 Å². The molecule has 17 heavy (non-hydrogen) atoms. The van der Waals surface area contributed by atoms with Crippen LogP contribution in [-0.2, 0) is 14.2 Å². The summed E-state index contributed by atoms with van der Waals surface area (Å²) in [6.45, 7) is 3.36. The van der Waals surface area contributed by atoms with Crippen LogP contribution in [0, 0.1) is 0 Å². The van der Waals surface area contributed by atoms with Gasteiger partial charge in [-0.25, -0.2) is 0 Å². The summed E-state index contributed by atoms with van der Waals surface area (Å²) >= 11 is 0. The van der Waals surface area contributed by atoms with Gasteiger partial charge in [0.25, 0.3) is 0 Å². The van der Waals surface area contributed by atoms with Crippen molar-refractivity contribution in [3.05, 3.63) is 10.4 Å². The Labute approximate surface area is 97.7 Å². The van der Waals surface area contributed by atoms with Gasteiger partial charge in [0.05, 0.1) is 18.8 Å². The molecule has 2 N–H and O–H groups in total. The smallest absolute Gasteiger partial charge is 0.224 e. The Morgan fingerprint density at radius 2 is 2.06 bits per heavy atom. The Bertz CT molecular complexity index is 357. The quantitative estimate of drug-likeness (QED) is 0.380. The first-order valence-corrected chi connectivity index (χ1v) is 5.29. The maximum Gasteiger partial charge on any atom is 0.224 e. The molecule has 0 aromatic carbocycles. The van der Waals surface area contributed by atoms with Crippen LogP contribution in [0.3, 0.4) is 0 Å². The number of ether oxygens (including phenoxy) is 3. The summed E-state index contributed by atoms with van der Waals surface area (Å²) in [5, 5.41) is 23.2. The molecule has 0 amide bonds. The van der Waals surface area contributed by atoms with Gasteiger partial charge >= 0.3 is 0 Å². The summed E-state index contributed by atoms with van der Waals surface area (Å²) in [6.07, 6.45) is -2.56. The standard InChI is InChI=1S/C9H15N3O5/c1-8(2)16-4-9(17-8)7(14)6(13)5(3-15-9)11-12-10/h5-7,13-14H,3-4H2,1-2H3/t5-,6+,7-,9+/m1/s1. The predicted molar refractivity (Wildman–Crippen MR) is 54.7 cm³/mol. The van der Waals surface area contributed by atoms with E-state index in [9.17, 15) is 10.2 Å².